The average Bonchev–Trinajstić information content (AvgIpc) is 2.50. The van der Waals surface area contributed by atoms with Crippen molar-refractivity contribution in [3.63, 3.8) is 0 Å². The van der Waals surface area contributed by atoms with Crippen LogP contribution in [0.15, 0.2) is 18.2 Å². The summed E-state index contributed by atoms with van der Waals surface area (Å²) in [6.45, 7) is -2.38. The van der Waals surface area contributed by atoms with Gasteiger partial charge in [0.25, 0.3) is 0 Å². The van der Waals surface area contributed by atoms with Crippen molar-refractivity contribution < 1.29 is 36.7 Å². The van der Waals surface area contributed by atoms with Gasteiger partial charge in [-0.15, -0.1) is 0 Å². The summed E-state index contributed by atoms with van der Waals surface area (Å²) in [5.41, 5.74) is -0.0463. The van der Waals surface area contributed by atoms with E-state index in [-0.39, 0.29) is 11.4 Å². The number of hydrogen-bond acceptors (Lipinski definition) is 4. The van der Waals surface area contributed by atoms with E-state index in [1.165, 1.54) is 24.6 Å². The summed E-state index contributed by atoms with van der Waals surface area (Å²) in [5.74, 6) is -4.46. The molecule has 0 heterocycles. The maximum Gasteiger partial charge on any atom is 0.405 e. The predicted octanol–water partition coefficient (Wildman–Crippen LogP) is 0.567. The number of ether oxygens (including phenoxy) is 1. The Morgan fingerprint density at radius 2 is 1.79 bits per heavy atom. The molecule has 3 N–H and O–H groups in total. The van der Waals surface area contributed by atoms with E-state index in [1.54, 1.807) is 0 Å². The normalized spacial score (nSPS) is 10.7. The van der Waals surface area contributed by atoms with Crippen LogP contribution in [0.25, 0.3) is 0 Å². The fourth-order valence-electron chi connectivity index (χ4n) is 1.43. The number of hydrogen-bond donors (Lipinski definition) is 3. The van der Waals surface area contributed by atoms with Crippen LogP contribution in [0.3, 0.4) is 0 Å². The highest BCUT2D eigenvalue weighted by atomic mass is 19.4. The number of methoxy groups -OCH3 is 1. The minimum Gasteiger partial charge on any atom is -0.494 e. The van der Waals surface area contributed by atoms with E-state index in [1.807, 2.05) is 5.32 Å². The highest BCUT2D eigenvalue weighted by Crippen LogP contribution is 2.20. The molecule has 0 aromatic heterocycles. The third-order valence-corrected chi connectivity index (χ3v) is 2.51. The molecule has 0 saturated heterocycles. The van der Waals surface area contributed by atoms with Gasteiger partial charge in [-0.3, -0.25) is 14.4 Å². The van der Waals surface area contributed by atoms with E-state index < -0.39 is 42.8 Å². The number of anilines is 1. The third-order valence-electron chi connectivity index (χ3n) is 2.51. The first-order valence-electron chi connectivity index (χ1n) is 6.38. The van der Waals surface area contributed by atoms with Gasteiger partial charge >= 0.3 is 18.0 Å². The van der Waals surface area contributed by atoms with E-state index in [4.69, 9.17) is 0 Å². The molecule has 132 valence electrons. The molecular weight excluding hydrogens is 338 g/mol. The number of carbonyl (C=O) groups excluding carboxylic acids is 3. The van der Waals surface area contributed by atoms with Crippen LogP contribution in [0.5, 0.6) is 5.75 Å². The fourth-order valence-corrected chi connectivity index (χ4v) is 1.43. The molecule has 0 spiro atoms. The lowest BCUT2D eigenvalue weighted by atomic mass is 10.3. The second kappa shape index (κ2) is 8.13. The van der Waals surface area contributed by atoms with Crippen LogP contribution in [0, 0.1) is 5.82 Å². The molecule has 1 aromatic rings. The maximum atomic E-state index is 13.4. The summed E-state index contributed by atoms with van der Waals surface area (Å²) in [4.78, 5) is 34.0. The first kappa shape index (κ1) is 19.2. The first-order chi connectivity index (χ1) is 11.1. The van der Waals surface area contributed by atoms with Crippen molar-refractivity contribution >= 4 is 23.4 Å². The predicted molar refractivity (Wildman–Crippen MR) is 73.7 cm³/mol. The van der Waals surface area contributed by atoms with Crippen LogP contribution in [-0.2, 0) is 14.4 Å². The van der Waals surface area contributed by atoms with Crippen molar-refractivity contribution in [3.05, 3.63) is 24.0 Å². The van der Waals surface area contributed by atoms with E-state index in [2.05, 4.69) is 10.1 Å². The highest BCUT2D eigenvalue weighted by molar-refractivity contribution is 6.39. The molecule has 0 radical (unpaired) electrons. The lowest BCUT2D eigenvalue weighted by Gasteiger charge is -2.09. The Bertz CT molecular complexity index is 634. The van der Waals surface area contributed by atoms with Gasteiger partial charge in [-0.05, 0) is 12.1 Å². The quantitative estimate of drug-likeness (QED) is 0.534. The third kappa shape index (κ3) is 6.50. The number of benzene rings is 1. The van der Waals surface area contributed by atoms with E-state index >= 15 is 0 Å². The Morgan fingerprint density at radius 1 is 1.12 bits per heavy atom. The summed E-state index contributed by atoms with van der Waals surface area (Å²) in [6, 6.07) is 3.39. The molecule has 0 aliphatic carbocycles. The molecule has 0 atom stereocenters. The monoisotopic (exact) mass is 351 g/mol. The Kier molecular flexibility index (Phi) is 6.50. The number of rotatable bonds is 5. The largest absolute Gasteiger partial charge is 0.494 e. The minimum atomic E-state index is -4.59. The van der Waals surface area contributed by atoms with Crippen LogP contribution in [0.4, 0.5) is 23.2 Å². The topological polar surface area (TPSA) is 96.5 Å². The summed E-state index contributed by atoms with van der Waals surface area (Å²) < 4.78 is 53.7. The van der Waals surface area contributed by atoms with Crippen molar-refractivity contribution in [1.82, 2.24) is 10.6 Å². The molecule has 0 aliphatic heterocycles. The Labute approximate surface area is 133 Å². The van der Waals surface area contributed by atoms with Crippen LogP contribution in [0.1, 0.15) is 0 Å². The summed E-state index contributed by atoms with van der Waals surface area (Å²) in [5, 5.41) is 5.40. The van der Waals surface area contributed by atoms with Gasteiger partial charge in [0.1, 0.15) is 6.54 Å². The molecule has 7 nitrogen and oxygen atoms in total. The maximum absolute atomic E-state index is 13.4. The van der Waals surface area contributed by atoms with Gasteiger partial charge in [-0.25, -0.2) is 4.39 Å². The van der Waals surface area contributed by atoms with Gasteiger partial charge in [0, 0.05) is 11.8 Å². The Hall–Kier alpha value is -2.85. The van der Waals surface area contributed by atoms with Crippen LogP contribution < -0.4 is 20.7 Å². The zero-order valence-corrected chi connectivity index (χ0v) is 12.3. The molecule has 3 amide bonds. The number of amides is 3. The molecule has 1 rings (SSSR count). The average molecular weight is 351 g/mol. The van der Waals surface area contributed by atoms with Crippen molar-refractivity contribution in [2.45, 2.75) is 6.18 Å². The minimum absolute atomic E-state index is 0.0463. The van der Waals surface area contributed by atoms with Gasteiger partial charge in [0.05, 0.1) is 13.7 Å². The molecule has 11 heteroatoms. The molecule has 0 saturated carbocycles. The van der Waals surface area contributed by atoms with Gasteiger partial charge in [0.2, 0.25) is 5.91 Å². The molecule has 1 aromatic carbocycles. The van der Waals surface area contributed by atoms with Crippen LogP contribution in [-0.4, -0.2) is 44.1 Å². The number of carbonyl (C=O) groups is 3. The first-order valence-corrected chi connectivity index (χ1v) is 6.38. The lowest BCUT2D eigenvalue weighted by molar-refractivity contribution is -0.140. The van der Waals surface area contributed by atoms with Crippen molar-refractivity contribution in [1.29, 1.82) is 0 Å². The number of nitrogens with one attached hydrogen (secondary N) is 3. The smallest absolute Gasteiger partial charge is 0.405 e. The van der Waals surface area contributed by atoms with Gasteiger partial charge in [-0.2, -0.15) is 13.2 Å². The highest BCUT2D eigenvalue weighted by Gasteiger charge is 2.27. The zero-order valence-electron chi connectivity index (χ0n) is 12.3. The van der Waals surface area contributed by atoms with E-state index in [0.29, 0.717) is 0 Å². The standard InChI is InChI=1S/C13H13F4N3O4/c1-24-9-3-2-7(4-8(9)14)20-12(23)11(22)18-5-10(21)19-6-13(15,16)17/h2-4H,5-6H2,1H3,(H,18,22)(H,19,21)(H,20,23). The van der Waals surface area contributed by atoms with Gasteiger partial charge in [-0.1, -0.05) is 0 Å². The summed E-state index contributed by atoms with van der Waals surface area (Å²) in [7, 11) is 1.24. The van der Waals surface area contributed by atoms with Gasteiger partial charge < -0.3 is 20.7 Å². The van der Waals surface area contributed by atoms with Crippen LogP contribution >= 0.6 is 0 Å². The van der Waals surface area contributed by atoms with E-state index in [0.717, 1.165) is 6.07 Å². The van der Waals surface area contributed by atoms with Gasteiger partial charge in [0.15, 0.2) is 11.6 Å². The summed E-state index contributed by atoms with van der Waals surface area (Å²) >= 11 is 0. The fraction of sp³-hybridized carbons (Fsp3) is 0.308. The number of alkyl halides is 3. The molecule has 0 aliphatic rings. The molecule has 0 bridgehead atoms. The second-order valence-electron chi connectivity index (χ2n) is 4.38. The Balaban J connectivity index is 2.46. The van der Waals surface area contributed by atoms with Crippen molar-refractivity contribution in [3.8, 4) is 5.75 Å². The molecule has 0 unspecified atom stereocenters. The number of halogens is 4. The Morgan fingerprint density at radius 3 is 2.33 bits per heavy atom. The zero-order chi connectivity index (χ0) is 18.3. The molecular formula is C13H13F4N3O4. The lowest BCUT2D eigenvalue weighted by Crippen LogP contribution is -2.43. The molecule has 24 heavy (non-hydrogen) atoms. The molecule has 0 fully saturated rings. The van der Waals surface area contributed by atoms with Crippen LogP contribution in [0.2, 0.25) is 0 Å². The van der Waals surface area contributed by atoms with E-state index in [9.17, 15) is 31.9 Å². The van der Waals surface area contributed by atoms with Crippen molar-refractivity contribution in [2.24, 2.45) is 0 Å². The van der Waals surface area contributed by atoms with Crippen molar-refractivity contribution in [2.75, 3.05) is 25.5 Å². The summed E-state index contributed by atoms with van der Waals surface area (Å²) in [6.07, 6.45) is -4.59. The SMILES string of the molecule is COc1ccc(NC(=O)C(=O)NCC(=O)NCC(F)(F)F)cc1F. The second-order valence-corrected chi connectivity index (χ2v) is 4.38.